The van der Waals surface area contributed by atoms with Gasteiger partial charge in [0.15, 0.2) is 5.84 Å². The molecule has 0 saturated heterocycles. The molecule has 10 heteroatoms. The van der Waals surface area contributed by atoms with Crippen molar-refractivity contribution in [2.75, 3.05) is 18.1 Å². The topological polar surface area (TPSA) is 143 Å². The van der Waals surface area contributed by atoms with Gasteiger partial charge in [-0.25, -0.2) is 5.84 Å². The van der Waals surface area contributed by atoms with Crippen molar-refractivity contribution in [3.05, 3.63) is 70.1 Å². The predicted molar refractivity (Wildman–Crippen MR) is 137 cm³/mol. The summed E-state index contributed by atoms with van der Waals surface area (Å²) in [5.41, 5.74) is 5.63. The third kappa shape index (κ3) is 7.75. The average Bonchev–Trinajstić information content (AvgIpc) is 2.86. The molecule has 0 saturated carbocycles. The number of hydrogen-bond donors (Lipinski definition) is 4. The highest BCUT2D eigenvalue weighted by atomic mass is 32.2. The van der Waals surface area contributed by atoms with Crippen LogP contribution in [0.2, 0.25) is 0 Å². The fourth-order valence-electron chi connectivity index (χ4n) is 3.13. The monoisotopic (exact) mass is 482 g/mol. The first-order chi connectivity index (χ1) is 16.4. The Balaban J connectivity index is 1.94. The molecule has 0 spiro atoms. The van der Waals surface area contributed by atoms with Crippen LogP contribution in [0.4, 0.5) is 5.69 Å². The molecule has 34 heavy (non-hydrogen) atoms. The third-order valence-corrected chi connectivity index (χ3v) is 5.73. The molecule has 0 aliphatic heterocycles. The Labute approximate surface area is 203 Å². The molecule has 0 radical (unpaired) electrons. The highest BCUT2D eigenvalue weighted by molar-refractivity contribution is 8.03. The SMILES string of the molecule is CCc1ccc(/C=C(\SC)C(=O)N(C=O)CCCC(=O)Nc2cccc(/C(=N/N)NN)c2)cc1. The number of aryl methyl sites for hydroxylation is 1. The van der Waals surface area contributed by atoms with E-state index in [0.29, 0.717) is 29.0 Å². The largest absolute Gasteiger partial charge is 0.326 e. The number of thioether (sulfide) groups is 1. The van der Waals surface area contributed by atoms with Crippen molar-refractivity contribution in [3.63, 3.8) is 0 Å². The van der Waals surface area contributed by atoms with E-state index in [1.807, 2.05) is 24.3 Å². The van der Waals surface area contributed by atoms with Gasteiger partial charge in [0, 0.05) is 24.2 Å². The summed E-state index contributed by atoms with van der Waals surface area (Å²) in [4.78, 5) is 38.3. The van der Waals surface area contributed by atoms with Gasteiger partial charge in [-0.05, 0) is 48.4 Å². The molecule has 0 aliphatic carbocycles. The van der Waals surface area contributed by atoms with Gasteiger partial charge in [0.1, 0.15) is 0 Å². The van der Waals surface area contributed by atoms with Crippen molar-refractivity contribution < 1.29 is 14.4 Å². The van der Waals surface area contributed by atoms with E-state index < -0.39 is 5.91 Å². The van der Waals surface area contributed by atoms with E-state index in [0.717, 1.165) is 16.9 Å². The number of hydrogen-bond acceptors (Lipinski definition) is 7. The van der Waals surface area contributed by atoms with Gasteiger partial charge >= 0.3 is 0 Å². The van der Waals surface area contributed by atoms with E-state index in [4.69, 9.17) is 11.7 Å². The fourth-order valence-corrected chi connectivity index (χ4v) is 3.67. The minimum atomic E-state index is -0.391. The highest BCUT2D eigenvalue weighted by Gasteiger charge is 2.18. The van der Waals surface area contributed by atoms with E-state index in [9.17, 15) is 14.4 Å². The van der Waals surface area contributed by atoms with E-state index in [2.05, 4.69) is 22.8 Å². The summed E-state index contributed by atoms with van der Waals surface area (Å²) >= 11 is 1.27. The van der Waals surface area contributed by atoms with Crippen molar-refractivity contribution in [2.45, 2.75) is 26.2 Å². The van der Waals surface area contributed by atoms with Crippen LogP contribution in [0.1, 0.15) is 36.5 Å². The van der Waals surface area contributed by atoms with Crippen LogP contribution in [0.25, 0.3) is 6.08 Å². The number of anilines is 1. The van der Waals surface area contributed by atoms with Crippen LogP contribution in [-0.4, -0.2) is 41.8 Å². The summed E-state index contributed by atoms with van der Waals surface area (Å²) in [6.07, 6.45) is 5.44. The van der Waals surface area contributed by atoms with E-state index in [-0.39, 0.29) is 24.7 Å². The van der Waals surface area contributed by atoms with Crippen LogP contribution < -0.4 is 22.4 Å². The predicted octanol–water partition coefficient (Wildman–Crippen LogP) is 2.44. The second kappa shape index (κ2) is 13.8. The zero-order chi connectivity index (χ0) is 24.9. The third-order valence-electron chi connectivity index (χ3n) is 4.99. The molecule has 0 fully saturated rings. The molecule has 180 valence electrons. The molecule has 2 aromatic rings. The number of nitrogens with one attached hydrogen (secondary N) is 2. The summed E-state index contributed by atoms with van der Waals surface area (Å²) in [6.45, 7) is 2.20. The second-order valence-electron chi connectivity index (χ2n) is 7.27. The van der Waals surface area contributed by atoms with Crippen molar-refractivity contribution in [1.82, 2.24) is 10.3 Å². The Hall–Kier alpha value is -3.63. The molecule has 2 aromatic carbocycles. The molecule has 0 bridgehead atoms. The number of hydrazone groups is 1. The van der Waals surface area contributed by atoms with Gasteiger partial charge in [-0.2, -0.15) is 5.10 Å². The van der Waals surface area contributed by atoms with Crippen molar-refractivity contribution >= 4 is 47.6 Å². The minimum absolute atomic E-state index is 0.129. The number of amidine groups is 1. The minimum Gasteiger partial charge on any atom is -0.326 e. The van der Waals surface area contributed by atoms with Crippen molar-refractivity contribution in [1.29, 1.82) is 0 Å². The normalized spacial score (nSPS) is 11.6. The maximum atomic E-state index is 12.8. The zero-order valence-electron chi connectivity index (χ0n) is 19.3. The number of benzene rings is 2. The van der Waals surface area contributed by atoms with Crippen LogP contribution in [0.3, 0.4) is 0 Å². The van der Waals surface area contributed by atoms with Gasteiger partial charge in [-0.1, -0.05) is 43.3 Å². The molecule has 9 nitrogen and oxygen atoms in total. The number of carbonyl (C=O) groups is 3. The summed E-state index contributed by atoms with van der Waals surface area (Å²) in [5, 5.41) is 6.31. The van der Waals surface area contributed by atoms with E-state index in [1.54, 1.807) is 36.6 Å². The number of amides is 3. The number of carbonyl (C=O) groups excluding carboxylic acids is 3. The Bertz CT molecular complexity index is 1050. The van der Waals surface area contributed by atoms with Crippen LogP contribution >= 0.6 is 11.8 Å². The smallest absolute Gasteiger partial charge is 0.266 e. The van der Waals surface area contributed by atoms with Gasteiger partial charge in [-0.3, -0.25) is 19.3 Å². The zero-order valence-corrected chi connectivity index (χ0v) is 20.1. The molecule has 3 amide bonds. The fraction of sp³-hybridized carbons (Fsp3) is 0.250. The first kappa shape index (κ1) is 26.6. The second-order valence-corrected chi connectivity index (χ2v) is 8.11. The van der Waals surface area contributed by atoms with Gasteiger partial charge < -0.3 is 16.6 Å². The highest BCUT2D eigenvalue weighted by Crippen LogP contribution is 2.20. The maximum absolute atomic E-state index is 12.8. The molecular weight excluding hydrogens is 452 g/mol. The number of imide groups is 1. The Morgan fingerprint density at radius 2 is 1.91 bits per heavy atom. The Kier molecular flexibility index (Phi) is 10.8. The summed E-state index contributed by atoms with van der Waals surface area (Å²) < 4.78 is 0. The summed E-state index contributed by atoms with van der Waals surface area (Å²) in [5.74, 6) is 10.3. The lowest BCUT2D eigenvalue weighted by Gasteiger charge is -2.16. The maximum Gasteiger partial charge on any atom is 0.266 e. The molecule has 0 aromatic heterocycles. The number of hydrazine groups is 1. The molecular formula is C24H30N6O3S. The van der Waals surface area contributed by atoms with Crippen LogP contribution in [-0.2, 0) is 20.8 Å². The number of rotatable bonds is 11. The summed E-state index contributed by atoms with van der Waals surface area (Å²) in [6, 6.07) is 14.8. The Morgan fingerprint density at radius 1 is 1.18 bits per heavy atom. The lowest BCUT2D eigenvalue weighted by Crippen LogP contribution is -2.32. The van der Waals surface area contributed by atoms with Crippen LogP contribution in [0, 0.1) is 0 Å². The number of nitrogens with zero attached hydrogens (tertiary/aromatic N) is 2. The van der Waals surface area contributed by atoms with Gasteiger partial charge in [0.25, 0.3) is 5.91 Å². The summed E-state index contributed by atoms with van der Waals surface area (Å²) in [7, 11) is 0. The number of nitrogens with two attached hydrogens (primary N) is 2. The van der Waals surface area contributed by atoms with Crippen molar-refractivity contribution in [2.24, 2.45) is 16.8 Å². The van der Waals surface area contributed by atoms with Gasteiger partial charge in [0.2, 0.25) is 12.3 Å². The molecule has 2 rings (SSSR count). The Morgan fingerprint density at radius 3 is 2.50 bits per heavy atom. The molecule has 6 N–H and O–H groups in total. The van der Waals surface area contributed by atoms with Crippen LogP contribution in [0.15, 0.2) is 58.5 Å². The first-order valence-corrected chi connectivity index (χ1v) is 11.9. The molecule has 0 heterocycles. The quantitative estimate of drug-likeness (QED) is 0.0962. The van der Waals surface area contributed by atoms with E-state index in [1.165, 1.54) is 17.3 Å². The van der Waals surface area contributed by atoms with Gasteiger partial charge in [-0.15, -0.1) is 11.8 Å². The lowest BCUT2D eigenvalue weighted by atomic mass is 10.1. The van der Waals surface area contributed by atoms with Gasteiger partial charge in [0.05, 0.1) is 4.91 Å². The molecule has 0 unspecified atom stereocenters. The lowest BCUT2D eigenvalue weighted by molar-refractivity contribution is -0.135. The van der Waals surface area contributed by atoms with E-state index >= 15 is 0 Å². The average molecular weight is 483 g/mol. The standard InChI is InChI=1S/C24H30N6O3S/c1-3-17-9-11-18(12-10-17)14-21(34-2)24(33)30(16-31)13-5-8-22(32)27-20-7-4-6-19(15-20)23(28-25)29-26/h4,6-7,9-12,14-16H,3,5,8,13,25-26H2,1-2H3,(H,27,32)(H,28,29)/b21-14-. The molecule has 0 atom stereocenters. The first-order valence-electron chi connectivity index (χ1n) is 10.7. The molecule has 0 aliphatic rings. The van der Waals surface area contributed by atoms with Crippen LogP contribution in [0.5, 0.6) is 0 Å². The van der Waals surface area contributed by atoms with Crippen molar-refractivity contribution in [3.8, 4) is 0 Å².